The highest BCUT2D eigenvalue weighted by atomic mass is 79.9. The molecule has 0 bridgehead atoms. The van der Waals surface area contributed by atoms with E-state index in [-0.39, 0.29) is 11.7 Å². The Bertz CT molecular complexity index is 538. The minimum atomic E-state index is -0.245. The fourth-order valence-electron chi connectivity index (χ4n) is 1.50. The number of halogens is 2. The average Bonchev–Trinajstić information content (AvgIpc) is 2.78. The summed E-state index contributed by atoms with van der Waals surface area (Å²) in [6.45, 7) is 0.540. The lowest BCUT2D eigenvalue weighted by atomic mass is 10.1. The van der Waals surface area contributed by atoms with Gasteiger partial charge in [0.15, 0.2) is 0 Å². The molecule has 0 fully saturated rings. The molecule has 0 unspecified atom stereocenters. The molecule has 1 aromatic heterocycles. The Balaban J connectivity index is 1.82. The van der Waals surface area contributed by atoms with E-state index in [1.807, 2.05) is 0 Å². The molecular weight excluding hydrogens is 317 g/mol. The molecule has 1 amide bonds. The monoisotopic (exact) mass is 327 g/mol. The normalized spacial score (nSPS) is 10.3. The van der Waals surface area contributed by atoms with Gasteiger partial charge in [0.1, 0.15) is 5.82 Å². The van der Waals surface area contributed by atoms with Crippen molar-refractivity contribution in [3.8, 4) is 0 Å². The van der Waals surface area contributed by atoms with Gasteiger partial charge in [0.25, 0.3) is 5.91 Å². The second kappa shape index (κ2) is 6.11. The summed E-state index contributed by atoms with van der Waals surface area (Å²) >= 11 is 4.79. The first-order chi connectivity index (χ1) is 8.65. The van der Waals surface area contributed by atoms with E-state index in [4.69, 9.17) is 0 Å². The summed E-state index contributed by atoms with van der Waals surface area (Å²) < 4.78 is 13.6. The summed E-state index contributed by atoms with van der Waals surface area (Å²) in [6, 6.07) is 8.09. The van der Waals surface area contributed by atoms with Gasteiger partial charge in [-0.3, -0.25) is 4.79 Å². The Kier molecular flexibility index (Phi) is 4.49. The fraction of sp³-hybridized carbons (Fsp3) is 0.154. The van der Waals surface area contributed by atoms with Crippen LogP contribution < -0.4 is 5.32 Å². The Morgan fingerprint density at radius 3 is 2.67 bits per heavy atom. The molecule has 2 aromatic rings. The molecule has 5 heteroatoms. The molecule has 0 saturated heterocycles. The molecule has 0 atom stereocenters. The van der Waals surface area contributed by atoms with Crippen molar-refractivity contribution in [2.24, 2.45) is 0 Å². The van der Waals surface area contributed by atoms with E-state index in [2.05, 4.69) is 21.2 Å². The van der Waals surface area contributed by atoms with Crippen LogP contribution in [0.4, 0.5) is 4.39 Å². The summed E-state index contributed by atoms with van der Waals surface area (Å²) in [6.07, 6.45) is 0.692. The zero-order valence-corrected chi connectivity index (χ0v) is 11.9. The highest BCUT2D eigenvalue weighted by Crippen LogP contribution is 2.20. The van der Waals surface area contributed by atoms with Crippen LogP contribution in [0.2, 0.25) is 0 Å². The predicted molar refractivity (Wildman–Crippen MR) is 74.5 cm³/mol. The average molecular weight is 328 g/mol. The first kappa shape index (κ1) is 13.2. The topological polar surface area (TPSA) is 29.1 Å². The maximum absolute atomic E-state index is 12.7. The standard InChI is InChI=1S/C13H11BrFNOS/c14-12-7-10(8-18-12)13(17)16-6-5-9-1-3-11(15)4-2-9/h1-4,7-8H,5-6H2,(H,16,17). The third-order valence-corrected chi connectivity index (χ3v) is 3.95. The van der Waals surface area contributed by atoms with E-state index >= 15 is 0 Å². The summed E-state index contributed by atoms with van der Waals surface area (Å²) in [5.74, 6) is -0.329. The van der Waals surface area contributed by atoms with Crippen molar-refractivity contribution >= 4 is 33.2 Å². The van der Waals surface area contributed by atoms with Crippen LogP contribution in [0.25, 0.3) is 0 Å². The molecule has 1 heterocycles. The van der Waals surface area contributed by atoms with Crippen molar-refractivity contribution in [3.63, 3.8) is 0 Å². The van der Waals surface area contributed by atoms with Crippen LogP contribution in [0.3, 0.4) is 0 Å². The number of benzene rings is 1. The molecule has 0 aliphatic carbocycles. The number of rotatable bonds is 4. The Hall–Kier alpha value is -1.20. The molecular formula is C13H11BrFNOS. The number of nitrogens with one attached hydrogen (secondary N) is 1. The van der Waals surface area contributed by atoms with Crippen molar-refractivity contribution in [2.45, 2.75) is 6.42 Å². The summed E-state index contributed by atoms with van der Waals surface area (Å²) in [5.41, 5.74) is 1.66. The van der Waals surface area contributed by atoms with Crippen molar-refractivity contribution < 1.29 is 9.18 Å². The molecule has 18 heavy (non-hydrogen) atoms. The summed E-state index contributed by atoms with van der Waals surface area (Å²) in [5, 5.41) is 4.63. The maximum atomic E-state index is 12.7. The van der Waals surface area contributed by atoms with Gasteiger partial charge in [-0.25, -0.2) is 4.39 Å². The number of carbonyl (C=O) groups is 1. The third-order valence-electron chi connectivity index (χ3n) is 2.44. The minimum absolute atomic E-state index is 0.0842. The van der Waals surface area contributed by atoms with Crippen LogP contribution in [-0.4, -0.2) is 12.5 Å². The SMILES string of the molecule is O=C(NCCc1ccc(F)cc1)c1csc(Br)c1. The lowest BCUT2D eigenvalue weighted by Crippen LogP contribution is -2.25. The Morgan fingerprint density at radius 1 is 1.33 bits per heavy atom. The van der Waals surface area contributed by atoms with Crippen LogP contribution in [0, 0.1) is 5.82 Å². The lowest BCUT2D eigenvalue weighted by Gasteiger charge is -2.04. The van der Waals surface area contributed by atoms with Crippen molar-refractivity contribution in [3.05, 3.63) is 56.4 Å². The van der Waals surface area contributed by atoms with Crippen LogP contribution in [0.5, 0.6) is 0 Å². The highest BCUT2D eigenvalue weighted by molar-refractivity contribution is 9.11. The van der Waals surface area contributed by atoms with Crippen molar-refractivity contribution in [1.82, 2.24) is 5.32 Å². The number of amides is 1. The molecule has 1 N–H and O–H groups in total. The molecule has 0 radical (unpaired) electrons. The van der Waals surface area contributed by atoms with Crippen LogP contribution >= 0.6 is 27.3 Å². The maximum Gasteiger partial charge on any atom is 0.252 e. The van der Waals surface area contributed by atoms with Crippen LogP contribution in [0.1, 0.15) is 15.9 Å². The quantitative estimate of drug-likeness (QED) is 0.912. The first-order valence-corrected chi connectivity index (χ1v) is 7.09. The Labute approximate surface area is 117 Å². The van der Waals surface area contributed by atoms with Crippen molar-refractivity contribution in [1.29, 1.82) is 0 Å². The summed E-state index contributed by atoms with van der Waals surface area (Å²) in [7, 11) is 0. The number of thiophene rings is 1. The number of carbonyl (C=O) groups excluding carboxylic acids is 1. The predicted octanol–water partition coefficient (Wildman–Crippen LogP) is 3.62. The number of hydrogen-bond donors (Lipinski definition) is 1. The van der Waals surface area contributed by atoms with Gasteiger partial charge in [0, 0.05) is 11.9 Å². The highest BCUT2D eigenvalue weighted by Gasteiger charge is 2.06. The Morgan fingerprint density at radius 2 is 2.06 bits per heavy atom. The zero-order chi connectivity index (χ0) is 13.0. The van der Waals surface area contributed by atoms with Gasteiger partial charge in [0.2, 0.25) is 0 Å². The molecule has 2 rings (SSSR count). The van der Waals surface area contributed by atoms with Gasteiger partial charge in [-0.05, 0) is 46.1 Å². The smallest absolute Gasteiger partial charge is 0.252 e. The second-order valence-electron chi connectivity index (χ2n) is 3.77. The molecule has 2 nitrogen and oxygen atoms in total. The molecule has 94 valence electrons. The molecule has 0 aliphatic heterocycles. The zero-order valence-electron chi connectivity index (χ0n) is 9.45. The molecule has 1 aromatic carbocycles. The summed E-state index contributed by atoms with van der Waals surface area (Å²) in [4.78, 5) is 11.7. The third kappa shape index (κ3) is 3.65. The van der Waals surface area contributed by atoms with Gasteiger partial charge < -0.3 is 5.32 Å². The molecule has 0 aliphatic rings. The van der Waals surface area contributed by atoms with Gasteiger partial charge in [-0.15, -0.1) is 11.3 Å². The van der Waals surface area contributed by atoms with Gasteiger partial charge in [0.05, 0.1) is 9.35 Å². The number of hydrogen-bond acceptors (Lipinski definition) is 2. The van der Waals surface area contributed by atoms with Crippen LogP contribution in [-0.2, 0) is 6.42 Å². The molecule has 0 spiro atoms. The van der Waals surface area contributed by atoms with Crippen molar-refractivity contribution in [2.75, 3.05) is 6.54 Å². The van der Waals surface area contributed by atoms with E-state index in [0.717, 1.165) is 9.35 Å². The van der Waals surface area contributed by atoms with Crippen LogP contribution in [0.15, 0.2) is 39.5 Å². The van der Waals surface area contributed by atoms with E-state index in [1.165, 1.54) is 23.5 Å². The first-order valence-electron chi connectivity index (χ1n) is 5.42. The van der Waals surface area contributed by atoms with E-state index in [1.54, 1.807) is 23.6 Å². The van der Waals surface area contributed by atoms with E-state index in [0.29, 0.717) is 18.5 Å². The lowest BCUT2D eigenvalue weighted by molar-refractivity contribution is 0.0954. The largest absolute Gasteiger partial charge is 0.352 e. The fourth-order valence-corrected chi connectivity index (χ4v) is 2.64. The van der Waals surface area contributed by atoms with E-state index in [9.17, 15) is 9.18 Å². The molecule has 0 saturated carbocycles. The van der Waals surface area contributed by atoms with Gasteiger partial charge >= 0.3 is 0 Å². The second-order valence-corrected chi connectivity index (χ2v) is 6.06. The van der Waals surface area contributed by atoms with Gasteiger partial charge in [-0.1, -0.05) is 12.1 Å². The minimum Gasteiger partial charge on any atom is -0.352 e. The van der Waals surface area contributed by atoms with Gasteiger partial charge in [-0.2, -0.15) is 0 Å². The van der Waals surface area contributed by atoms with E-state index < -0.39 is 0 Å².